The van der Waals surface area contributed by atoms with E-state index in [2.05, 4.69) is 20.5 Å². The maximum absolute atomic E-state index is 5.62. The van der Waals surface area contributed by atoms with E-state index in [1.807, 2.05) is 23.7 Å². The molecule has 0 radical (unpaired) electrons. The second kappa shape index (κ2) is 6.59. The molecule has 0 aliphatic rings. The minimum absolute atomic E-state index is 0.433. The van der Waals surface area contributed by atoms with Gasteiger partial charge >= 0.3 is 0 Å². The average Bonchev–Trinajstić information content (AvgIpc) is 3.20. The molecule has 8 heteroatoms. The fourth-order valence-corrected chi connectivity index (χ4v) is 2.58. The first kappa shape index (κ1) is 13.9. The SMILES string of the molecule is NCCCCc1cn(Cc2nnc(-c3cccs3)o2)nn1. The van der Waals surface area contributed by atoms with Crippen LogP contribution >= 0.6 is 11.3 Å². The minimum Gasteiger partial charge on any atom is -0.418 e. The lowest BCUT2D eigenvalue weighted by Crippen LogP contribution is -2.00. The van der Waals surface area contributed by atoms with Crippen molar-refractivity contribution in [3.63, 3.8) is 0 Å². The molecule has 7 nitrogen and oxygen atoms in total. The third kappa shape index (κ3) is 3.53. The van der Waals surface area contributed by atoms with Gasteiger partial charge in [-0.15, -0.1) is 26.6 Å². The van der Waals surface area contributed by atoms with Crippen LogP contribution in [0.15, 0.2) is 28.1 Å². The van der Waals surface area contributed by atoms with Crippen molar-refractivity contribution in [2.24, 2.45) is 5.73 Å². The molecule has 0 amide bonds. The summed E-state index contributed by atoms with van der Waals surface area (Å²) >= 11 is 1.57. The van der Waals surface area contributed by atoms with Gasteiger partial charge in [0.25, 0.3) is 5.89 Å². The summed E-state index contributed by atoms with van der Waals surface area (Å²) in [5.41, 5.74) is 6.43. The molecule has 0 aliphatic heterocycles. The van der Waals surface area contributed by atoms with Crippen molar-refractivity contribution in [3.05, 3.63) is 35.3 Å². The standard InChI is InChI=1S/C13H16N6OS/c14-6-2-1-4-10-8-19(18-15-10)9-12-16-17-13(20-12)11-5-3-7-21-11/h3,5,7-8H,1-2,4,6,9,14H2. The molecule has 0 saturated carbocycles. The molecule has 110 valence electrons. The summed E-state index contributed by atoms with van der Waals surface area (Å²) in [7, 11) is 0. The van der Waals surface area contributed by atoms with Gasteiger partial charge in [0.1, 0.15) is 6.54 Å². The first-order chi connectivity index (χ1) is 10.3. The average molecular weight is 304 g/mol. The molecule has 0 spiro atoms. The lowest BCUT2D eigenvalue weighted by atomic mass is 10.2. The summed E-state index contributed by atoms with van der Waals surface area (Å²) in [6.45, 7) is 1.14. The topological polar surface area (TPSA) is 95.7 Å². The molecule has 3 aromatic heterocycles. The third-order valence-electron chi connectivity index (χ3n) is 2.97. The highest BCUT2D eigenvalue weighted by molar-refractivity contribution is 7.13. The second-order valence-corrected chi connectivity index (χ2v) is 5.58. The van der Waals surface area contributed by atoms with Gasteiger partial charge < -0.3 is 10.2 Å². The maximum Gasteiger partial charge on any atom is 0.257 e. The number of nitrogens with zero attached hydrogens (tertiary/aromatic N) is 5. The lowest BCUT2D eigenvalue weighted by Gasteiger charge is -1.94. The van der Waals surface area contributed by atoms with Crippen LogP contribution in [-0.4, -0.2) is 31.7 Å². The van der Waals surface area contributed by atoms with Crippen molar-refractivity contribution >= 4 is 11.3 Å². The number of nitrogens with two attached hydrogens (primary N) is 1. The predicted molar refractivity (Wildman–Crippen MR) is 78.7 cm³/mol. The lowest BCUT2D eigenvalue weighted by molar-refractivity contribution is 0.470. The van der Waals surface area contributed by atoms with Crippen LogP contribution in [0.2, 0.25) is 0 Å². The highest BCUT2D eigenvalue weighted by atomic mass is 32.1. The van der Waals surface area contributed by atoms with Gasteiger partial charge in [0.15, 0.2) is 0 Å². The van der Waals surface area contributed by atoms with Crippen LogP contribution in [0.25, 0.3) is 10.8 Å². The number of hydrogen-bond acceptors (Lipinski definition) is 7. The number of aryl methyl sites for hydroxylation is 1. The van der Waals surface area contributed by atoms with E-state index in [0.717, 1.165) is 29.8 Å². The molecule has 3 aromatic rings. The molecule has 3 heterocycles. The predicted octanol–water partition coefficient (Wildman–Crippen LogP) is 1.72. The summed E-state index contributed by atoms with van der Waals surface area (Å²) in [5.74, 6) is 1.07. The summed E-state index contributed by atoms with van der Waals surface area (Å²) in [6, 6.07) is 3.90. The first-order valence-corrected chi connectivity index (χ1v) is 7.68. The van der Waals surface area contributed by atoms with Gasteiger partial charge in [-0.25, -0.2) is 4.68 Å². The van der Waals surface area contributed by atoms with Crippen LogP contribution < -0.4 is 5.73 Å². The van der Waals surface area contributed by atoms with Crippen molar-refractivity contribution in [3.8, 4) is 10.8 Å². The smallest absolute Gasteiger partial charge is 0.257 e. The molecule has 0 atom stereocenters. The summed E-state index contributed by atoms with van der Waals surface area (Å²) in [4.78, 5) is 0.967. The van der Waals surface area contributed by atoms with Crippen molar-refractivity contribution < 1.29 is 4.42 Å². The zero-order valence-electron chi connectivity index (χ0n) is 11.5. The van der Waals surface area contributed by atoms with E-state index in [4.69, 9.17) is 10.2 Å². The Morgan fingerprint density at radius 3 is 3.00 bits per heavy atom. The summed E-state index contributed by atoms with van der Waals surface area (Å²) in [6.07, 6.45) is 4.83. The number of unbranched alkanes of at least 4 members (excludes halogenated alkanes) is 1. The van der Waals surface area contributed by atoms with E-state index < -0.39 is 0 Å². The Labute approximate surface area is 125 Å². The second-order valence-electron chi connectivity index (χ2n) is 4.63. The zero-order valence-corrected chi connectivity index (χ0v) is 12.3. The van der Waals surface area contributed by atoms with Gasteiger partial charge in [0.2, 0.25) is 5.89 Å². The highest BCUT2D eigenvalue weighted by Crippen LogP contribution is 2.23. The molecule has 0 aliphatic carbocycles. The zero-order chi connectivity index (χ0) is 14.5. The van der Waals surface area contributed by atoms with Crippen LogP contribution in [0.3, 0.4) is 0 Å². The van der Waals surface area contributed by atoms with Crippen LogP contribution in [0.1, 0.15) is 24.4 Å². The highest BCUT2D eigenvalue weighted by Gasteiger charge is 2.10. The number of aromatic nitrogens is 5. The van der Waals surface area contributed by atoms with E-state index in [9.17, 15) is 0 Å². The van der Waals surface area contributed by atoms with Crippen molar-refractivity contribution in [2.45, 2.75) is 25.8 Å². The molecule has 0 unspecified atom stereocenters. The van der Waals surface area contributed by atoms with Gasteiger partial charge in [-0.1, -0.05) is 11.3 Å². The van der Waals surface area contributed by atoms with Crippen LogP contribution in [0.4, 0.5) is 0 Å². The van der Waals surface area contributed by atoms with Gasteiger partial charge in [-0.3, -0.25) is 0 Å². The molecular weight excluding hydrogens is 288 g/mol. The van der Waals surface area contributed by atoms with E-state index in [0.29, 0.717) is 24.9 Å². The van der Waals surface area contributed by atoms with Crippen molar-refractivity contribution in [1.82, 2.24) is 25.2 Å². The Bertz CT molecular complexity index is 674. The molecule has 0 bridgehead atoms. The maximum atomic E-state index is 5.62. The fraction of sp³-hybridized carbons (Fsp3) is 0.385. The van der Waals surface area contributed by atoms with Crippen molar-refractivity contribution in [1.29, 1.82) is 0 Å². The number of hydrogen-bond donors (Lipinski definition) is 1. The van der Waals surface area contributed by atoms with E-state index in [1.165, 1.54) is 0 Å². The Hall–Kier alpha value is -2.06. The Morgan fingerprint density at radius 1 is 1.24 bits per heavy atom. The van der Waals surface area contributed by atoms with Gasteiger partial charge in [-0.2, -0.15) is 0 Å². The third-order valence-corrected chi connectivity index (χ3v) is 3.83. The van der Waals surface area contributed by atoms with Gasteiger partial charge in [0.05, 0.1) is 10.6 Å². The van der Waals surface area contributed by atoms with E-state index in [-0.39, 0.29) is 0 Å². The fourth-order valence-electron chi connectivity index (χ4n) is 1.94. The normalized spacial score (nSPS) is 11.1. The molecule has 21 heavy (non-hydrogen) atoms. The molecule has 3 rings (SSSR count). The molecule has 2 N–H and O–H groups in total. The number of rotatable bonds is 7. The Kier molecular flexibility index (Phi) is 4.37. The van der Waals surface area contributed by atoms with Gasteiger partial charge in [0, 0.05) is 6.20 Å². The Balaban J connectivity index is 1.61. The first-order valence-electron chi connectivity index (χ1n) is 6.80. The quantitative estimate of drug-likeness (QED) is 0.668. The molecule has 0 saturated heterocycles. The van der Waals surface area contributed by atoms with Gasteiger partial charge in [-0.05, 0) is 37.3 Å². The minimum atomic E-state index is 0.433. The van der Waals surface area contributed by atoms with Crippen molar-refractivity contribution in [2.75, 3.05) is 6.54 Å². The molecular formula is C13H16N6OS. The van der Waals surface area contributed by atoms with E-state index >= 15 is 0 Å². The molecule has 0 aromatic carbocycles. The van der Waals surface area contributed by atoms with Crippen LogP contribution in [0, 0.1) is 0 Å². The summed E-state index contributed by atoms with van der Waals surface area (Å²) in [5, 5.41) is 18.3. The number of thiophene rings is 1. The van der Waals surface area contributed by atoms with Crippen LogP contribution in [-0.2, 0) is 13.0 Å². The van der Waals surface area contributed by atoms with Crippen LogP contribution in [0.5, 0.6) is 0 Å². The summed E-state index contributed by atoms with van der Waals surface area (Å²) < 4.78 is 7.33. The molecule has 0 fully saturated rings. The van der Waals surface area contributed by atoms with E-state index in [1.54, 1.807) is 16.0 Å². The Morgan fingerprint density at radius 2 is 2.19 bits per heavy atom. The largest absolute Gasteiger partial charge is 0.418 e. The monoisotopic (exact) mass is 304 g/mol.